The number of hydrogen-bond acceptors (Lipinski definition) is 3. The molecule has 0 bridgehead atoms. The first-order chi connectivity index (χ1) is 9.23. The number of nitrogens with one attached hydrogen (secondary N) is 1. The summed E-state index contributed by atoms with van der Waals surface area (Å²) in [6.07, 6.45) is 3.31. The Bertz CT molecular complexity index is 229. The molecule has 3 N–H and O–H groups in total. The van der Waals surface area contributed by atoms with Gasteiger partial charge in [0.2, 0.25) is 5.96 Å². The van der Waals surface area contributed by atoms with Crippen LogP contribution in [0.1, 0.15) is 47.0 Å². The van der Waals surface area contributed by atoms with Crippen LogP contribution in [-0.4, -0.2) is 43.7 Å². The quantitative estimate of drug-likeness (QED) is 0.210. The normalized spacial score (nSPS) is 12.0. The Morgan fingerprint density at radius 2 is 1.95 bits per heavy atom. The molecule has 5 heteroatoms. The number of hydrogen-bond donors (Lipinski definition) is 2. The summed E-state index contributed by atoms with van der Waals surface area (Å²) >= 11 is 0. The van der Waals surface area contributed by atoms with Crippen LogP contribution in [0.15, 0.2) is 4.99 Å². The largest absolute Gasteiger partial charge is 0.382 e. The van der Waals surface area contributed by atoms with Gasteiger partial charge in [-0.05, 0) is 26.2 Å². The first-order valence-electron chi connectivity index (χ1n) is 7.57. The van der Waals surface area contributed by atoms with Crippen LogP contribution in [0.2, 0.25) is 0 Å². The first-order valence-corrected chi connectivity index (χ1v) is 7.57. The van der Waals surface area contributed by atoms with E-state index in [1.807, 2.05) is 6.92 Å². The zero-order valence-corrected chi connectivity index (χ0v) is 13.1. The third kappa shape index (κ3) is 8.06. The molecular formula is C14H32N4O. The van der Waals surface area contributed by atoms with Gasteiger partial charge in [-0.3, -0.25) is 10.4 Å². The molecule has 0 saturated heterocycles. The minimum absolute atomic E-state index is 0.696. The van der Waals surface area contributed by atoms with Crippen molar-refractivity contribution in [3.63, 3.8) is 0 Å². The first kappa shape index (κ1) is 18.2. The van der Waals surface area contributed by atoms with E-state index in [0.717, 1.165) is 45.2 Å². The van der Waals surface area contributed by atoms with E-state index in [1.165, 1.54) is 12.8 Å². The summed E-state index contributed by atoms with van der Waals surface area (Å²) in [5.74, 6) is 7.09. The van der Waals surface area contributed by atoms with Crippen molar-refractivity contribution in [3.05, 3.63) is 0 Å². The number of guanidine groups is 1. The molecule has 0 aromatic carbocycles. The van der Waals surface area contributed by atoms with Gasteiger partial charge in [0.1, 0.15) is 0 Å². The van der Waals surface area contributed by atoms with Crippen molar-refractivity contribution in [2.24, 2.45) is 16.8 Å². The van der Waals surface area contributed by atoms with Crippen LogP contribution in [0.5, 0.6) is 0 Å². The summed E-state index contributed by atoms with van der Waals surface area (Å²) < 4.78 is 5.30. The molecule has 0 heterocycles. The van der Waals surface area contributed by atoms with Gasteiger partial charge in [-0.15, -0.1) is 0 Å². The topological polar surface area (TPSA) is 62.9 Å². The smallest absolute Gasteiger partial charge is 0.208 e. The highest BCUT2D eigenvalue weighted by Crippen LogP contribution is 2.09. The van der Waals surface area contributed by atoms with E-state index in [2.05, 4.69) is 36.1 Å². The van der Waals surface area contributed by atoms with E-state index in [4.69, 9.17) is 10.6 Å². The monoisotopic (exact) mass is 272 g/mol. The van der Waals surface area contributed by atoms with Gasteiger partial charge in [0, 0.05) is 32.8 Å². The zero-order chi connectivity index (χ0) is 14.5. The summed E-state index contributed by atoms with van der Waals surface area (Å²) in [5.41, 5.74) is 2.73. The molecule has 0 aliphatic carbocycles. The second-order valence-corrected chi connectivity index (χ2v) is 4.62. The average Bonchev–Trinajstić information content (AvgIpc) is 2.45. The Morgan fingerprint density at radius 3 is 2.42 bits per heavy atom. The predicted molar refractivity (Wildman–Crippen MR) is 82.1 cm³/mol. The summed E-state index contributed by atoms with van der Waals surface area (Å²) in [6, 6.07) is 0. The standard InChI is InChI=1S/C14H32N4O/c1-5-13(6-2)12-18(7-3)14(17-15)16-10-9-11-19-8-4/h13H,5-12,15H2,1-4H3,(H,16,17). The Hall–Kier alpha value is -0.810. The van der Waals surface area contributed by atoms with Crippen LogP contribution >= 0.6 is 0 Å². The van der Waals surface area contributed by atoms with Crippen molar-refractivity contribution in [1.29, 1.82) is 0 Å². The Kier molecular flexibility index (Phi) is 11.7. The van der Waals surface area contributed by atoms with Gasteiger partial charge in [-0.1, -0.05) is 26.7 Å². The van der Waals surface area contributed by atoms with E-state index in [1.54, 1.807) is 0 Å². The fraction of sp³-hybridized carbons (Fsp3) is 0.929. The van der Waals surface area contributed by atoms with Gasteiger partial charge in [0.05, 0.1) is 0 Å². The highest BCUT2D eigenvalue weighted by molar-refractivity contribution is 5.79. The van der Waals surface area contributed by atoms with Crippen molar-refractivity contribution < 1.29 is 4.74 Å². The summed E-state index contributed by atoms with van der Waals surface area (Å²) in [4.78, 5) is 6.75. The van der Waals surface area contributed by atoms with Crippen molar-refractivity contribution in [2.75, 3.05) is 32.8 Å². The second kappa shape index (κ2) is 12.2. The van der Waals surface area contributed by atoms with Crippen LogP contribution in [0.4, 0.5) is 0 Å². The number of nitrogens with two attached hydrogens (primary N) is 1. The van der Waals surface area contributed by atoms with E-state index < -0.39 is 0 Å². The Balaban J connectivity index is 4.30. The molecule has 0 spiro atoms. The number of hydrazine groups is 1. The molecule has 0 aliphatic rings. The number of ether oxygens (including phenoxy) is 1. The van der Waals surface area contributed by atoms with Crippen LogP contribution < -0.4 is 11.3 Å². The fourth-order valence-electron chi connectivity index (χ4n) is 1.96. The predicted octanol–water partition coefficient (Wildman–Crippen LogP) is 1.99. The number of aliphatic imine (C=N–C) groups is 1. The molecule has 19 heavy (non-hydrogen) atoms. The Labute approximate surface area is 118 Å². The van der Waals surface area contributed by atoms with E-state index >= 15 is 0 Å². The highest BCUT2D eigenvalue weighted by atomic mass is 16.5. The van der Waals surface area contributed by atoms with Crippen LogP contribution in [0.3, 0.4) is 0 Å². The van der Waals surface area contributed by atoms with Gasteiger partial charge in [-0.2, -0.15) is 0 Å². The molecule has 0 saturated carbocycles. The molecule has 0 aromatic heterocycles. The van der Waals surface area contributed by atoms with Crippen LogP contribution in [0, 0.1) is 5.92 Å². The maximum Gasteiger partial charge on any atom is 0.208 e. The van der Waals surface area contributed by atoms with E-state index in [0.29, 0.717) is 5.92 Å². The van der Waals surface area contributed by atoms with Gasteiger partial charge in [-0.25, -0.2) is 5.84 Å². The zero-order valence-electron chi connectivity index (χ0n) is 13.1. The van der Waals surface area contributed by atoms with Crippen molar-refractivity contribution >= 4 is 5.96 Å². The lowest BCUT2D eigenvalue weighted by Crippen LogP contribution is -2.46. The van der Waals surface area contributed by atoms with E-state index in [-0.39, 0.29) is 0 Å². The minimum atomic E-state index is 0.696. The lowest BCUT2D eigenvalue weighted by atomic mass is 10.0. The van der Waals surface area contributed by atoms with Gasteiger partial charge < -0.3 is 9.64 Å². The average molecular weight is 272 g/mol. The molecule has 114 valence electrons. The molecule has 0 atom stereocenters. The molecule has 0 rings (SSSR count). The summed E-state index contributed by atoms with van der Waals surface area (Å²) in [7, 11) is 0. The van der Waals surface area contributed by atoms with Gasteiger partial charge in [0.15, 0.2) is 0 Å². The highest BCUT2D eigenvalue weighted by Gasteiger charge is 2.13. The van der Waals surface area contributed by atoms with Crippen LogP contribution in [0.25, 0.3) is 0 Å². The SMILES string of the molecule is CCOCCCN=C(NN)N(CC)CC(CC)CC. The lowest BCUT2D eigenvalue weighted by molar-refractivity contribution is 0.146. The van der Waals surface area contributed by atoms with Crippen molar-refractivity contribution in [3.8, 4) is 0 Å². The minimum Gasteiger partial charge on any atom is -0.382 e. The molecule has 0 aliphatic heterocycles. The fourth-order valence-corrected chi connectivity index (χ4v) is 1.96. The molecule has 0 fully saturated rings. The van der Waals surface area contributed by atoms with Crippen LogP contribution in [-0.2, 0) is 4.74 Å². The molecule has 0 aromatic rings. The number of nitrogens with zero attached hydrogens (tertiary/aromatic N) is 2. The maximum atomic E-state index is 5.60. The van der Waals surface area contributed by atoms with Gasteiger partial charge >= 0.3 is 0 Å². The van der Waals surface area contributed by atoms with E-state index in [9.17, 15) is 0 Å². The third-order valence-corrected chi connectivity index (χ3v) is 3.36. The number of rotatable bonds is 10. The summed E-state index contributed by atoms with van der Waals surface area (Å²) in [6.45, 7) is 12.8. The Morgan fingerprint density at radius 1 is 1.26 bits per heavy atom. The maximum absolute atomic E-state index is 5.60. The molecule has 0 radical (unpaired) electrons. The molecule has 5 nitrogen and oxygen atoms in total. The summed E-state index contributed by atoms with van der Waals surface area (Å²) in [5, 5.41) is 0. The van der Waals surface area contributed by atoms with Crippen molar-refractivity contribution in [2.45, 2.75) is 47.0 Å². The lowest BCUT2D eigenvalue weighted by Gasteiger charge is -2.27. The van der Waals surface area contributed by atoms with Crippen molar-refractivity contribution in [1.82, 2.24) is 10.3 Å². The second-order valence-electron chi connectivity index (χ2n) is 4.62. The molecular weight excluding hydrogens is 240 g/mol. The molecule has 0 amide bonds. The third-order valence-electron chi connectivity index (χ3n) is 3.36. The van der Waals surface area contributed by atoms with Gasteiger partial charge in [0.25, 0.3) is 0 Å². The molecule has 0 unspecified atom stereocenters.